The Labute approximate surface area is 59.0 Å². The van der Waals surface area contributed by atoms with Crippen molar-refractivity contribution in [3.05, 3.63) is 0 Å². The Morgan fingerprint density at radius 1 is 1.67 bits per heavy atom. The van der Waals surface area contributed by atoms with Crippen LogP contribution in [0.1, 0.15) is 20.8 Å². The highest BCUT2D eigenvalue weighted by molar-refractivity contribution is 6.09. The summed E-state index contributed by atoms with van der Waals surface area (Å²) in [4.78, 5) is 10.4. The van der Waals surface area contributed by atoms with Crippen molar-refractivity contribution in [2.45, 2.75) is 32.4 Å². The van der Waals surface area contributed by atoms with E-state index in [0.717, 1.165) is 0 Å². The molecule has 0 aromatic heterocycles. The lowest BCUT2D eigenvalue weighted by molar-refractivity contribution is -0.151. The van der Waals surface area contributed by atoms with Gasteiger partial charge in [-0.15, -0.1) is 0 Å². The van der Waals surface area contributed by atoms with Gasteiger partial charge in [-0.05, 0) is 19.9 Å². The summed E-state index contributed by atoms with van der Waals surface area (Å²) in [6.07, 6.45) is 0. The Bertz CT molecular complexity index is 110. The summed E-state index contributed by atoms with van der Waals surface area (Å²) >= 11 is 0. The maximum atomic E-state index is 10.4. The fraction of sp³-hybridized carbons (Fsp3) is 0.833. The molecule has 0 spiro atoms. The van der Waals surface area contributed by atoms with Gasteiger partial charge in [0.25, 0.3) is 0 Å². The van der Waals surface area contributed by atoms with Gasteiger partial charge in [-0.2, -0.15) is 0 Å². The van der Waals surface area contributed by atoms with E-state index in [0.29, 0.717) is 6.04 Å². The summed E-state index contributed by atoms with van der Waals surface area (Å²) in [5.41, 5.74) is -0.372. The molecular weight excluding hydrogens is 132 g/mol. The normalized spacial score (nSPS) is 11.1. The monoisotopic (exact) mass is 143 g/mol. The molecule has 0 saturated heterocycles. The lowest BCUT2D eigenvalue weighted by atomic mass is 10.2. The van der Waals surface area contributed by atoms with Gasteiger partial charge in [0, 0.05) is 17.2 Å². The summed E-state index contributed by atoms with van der Waals surface area (Å²) in [7, 11) is 3.27. The average Bonchev–Trinajstić information content (AvgIpc) is 1.63. The number of carbonyl (C=O) groups excluding carboxylic acids is 1. The van der Waals surface area contributed by atoms with Crippen molar-refractivity contribution < 1.29 is 9.53 Å². The maximum Gasteiger partial charge on any atom is 0.303 e. The van der Waals surface area contributed by atoms with Crippen LogP contribution in [0.3, 0.4) is 0 Å². The van der Waals surface area contributed by atoms with Gasteiger partial charge in [-0.25, -0.2) is 0 Å². The molecule has 3 heteroatoms. The van der Waals surface area contributed by atoms with E-state index in [1.807, 2.05) is 13.8 Å². The van der Waals surface area contributed by atoms with Gasteiger partial charge >= 0.3 is 5.97 Å². The predicted octanol–water partition coefficient (Wildman–Crippen LogP) is 0.915. The quantitative estimate of drug-likeness (QED) is 0.424. The maximum absolute atomic E-state index is 10.4. The molecule has 0 rings (SSSR count). The van der Waals surface area contributed by atoms with Gasteiger partial charge in [-0.1, -0.05) is 0 Å². The molecular formula is C6H11O2Si. The van der Waals surface area contributed by atoms with Crippen LogP contribution in [0, 0.1) is 0 Å². The Morgan fingerprint density at radius 2 is 2.11 bits per heavy atom. The highest BCUT2D eigenvalue weighted by Crippen LogP contribution is 2.12. The lowest BCUT2D eigenvalue weighted by Crippen LogP contribution is -2.25. The molecule has 0 bridgehead atoms. The predicted molar refractivity (Wildman–Crippen MR) is 36.4 cm³/mol. The molecule has 51 valence electrons. The van der Waals surface area contributed by atoms with Crippen molar-refractivity contribution in [3.63, 3.8) is 0 Å². The van der Waals surface area contributed by atoms with E-state index >= 15 is 0 Å². The topological polar surface area (TPSA) is 26.3 Å². The van der Waals surface area contributed by atoms with Crippen LogP contribution in [-0.4, -0.2) is 21.8 Å². The zero-order chi connectivity index (χ0) is 7.49. The van der Waals surface area contributed by atoms with Crippen molar-refractivity contribution in [1.29, 1.82) is 0 Å². The van der Waals surface area contributed by atoms with Gasteiger partial charge in [0.1, 0.15) is 5.60 Å². The van der Waals surface area contributed by atoms with E-state index in [2.05, 4.69) is 10.2 Å². The first-order chi connectivity index (χ1) is 3.98. The first kappa shape index (κ1) is 8.69. The fourth-order valence-corrected chi connectivity index (χ4v) is 0.497. The molecule has 9 heavy (non-hydrogen) atoms. The highest BCUT2D eigenvalue weighted by Gasteiger charge is 2.17. The van der Waals surface area contributed by atoms with Crippen LogP contribution in [0.2, 0.25) is 6.04 Å². The third-order valence-electron chi connectivity index (χ3n) is 0.846. The second kappa shape index (κ2) is 3.01. The van der Waals surface area contributed by atoms with Gasteiger partial charge in [0.15, 0.2) is 0 Å². The van der Waals surface area contributed by atoms with Crippen LogP contribution in [0.25, 0.3) is 0 Å². The molecule has 0 atom stereocenters. The highest BCUT2D eigenvalue weighted by atomic mass is 28.1. The molecule has 2 nitrogen and oxygen atoms in total. The van der Waals surface area contributed by atoms with Crippen LogP contribution in [0.4, 0.5) is 0 Å². The minimum atomic E-state index is -0.372. The number of esters is 1. The number of hydrogen-bond donors (Lipinski definition) is 0. The number of hydrogen-bond acceptors (Lipinski definition) is 2. The number of ether oxygens (including phenoxy) is 1. The molecule has 3 radical (unpaired) electrons. The first-order valence-electron chi connectivity index (χ1n) is 2.82. The largest absolute Gasteiger partial charge is 0.460 e. The molecule has 0 heterocycles. The van der Waals surface area contributed by atoms with Gasteiger partial charge in [0.2, 0.25) is 0 Å². The summed E-state index contributed by atoms with van der Waals surface area (Å²) in [5, 5.41) is 0. The third kappa shape index (κ3) is 4.21. The Hall–Kier alpha value is -0.313. The molecule has 0 aliphatic heterocycles. The first-order valence-corrected chi connectivity index (χ1v) is 3.53. The van der Waals surface area contributed by atoms with Crippen molar-refractivity contribution in [2.75, 3.05) is 0 Å². The van der Waals surface area contributed by atoms with E-state index in [-0.39, 0.29) is 11.6 Å². The number of carbonyl (C=O) groups is 1. The molecule has 0 amide bonds. The summed E-state index contributed by atoms with van der Waals surface area (Å²) in [6.45, 7) is 5.10. The van der Waals surface area contributed by atoms with Crippen molar-refractivity contribution >= 4 is 16.2 Å². The summed E-state index contributed by atoms with van der Waals surface area (Å²) < 4.78 is 4.90. The fourth-order valence-electron chi connectivity index (χ4n) is 0.425. The van der Waals surface area contributed by atoms with Crippen LogP contribution in [0.15, 0.2) is 0 Å². The van der Waals surface area contributed by atoms with Gasteiger partial charge in [0.05, 0.1) is 0 Å². The second-order valence-corrected chi connectivity index (χ2v) is 2.88. The molecule has 0 aromatic carbocycles. The van der Waals surface area contributed by atoms with E-state index < -0.39 is 0 Å². The Morgan fingerprint density at radius 3 is 2.22 bits per heavy atom. The van der Waals surface area contributed by atoms with Crippen LogP contribution < -0.4 is 0 Å². The van der Waals surface area contributed by atoms with Crippen molar-refractivity contribution in [2.24, 2.45) is 0 Å². The van der Waals surface area contributed by atoms with Crippen LogP contribution in [-0.2, 0) is 9.53 Å². The van der Waals surface area contributed by atoms with Crippen molar-refractivity contribution in [3.8, 4) is 0 Å². The Kier molecular flexibility index (Phi) is 2.90. The van der Waals surface area contributed by atoms with Gasteiger partial charge in [-0.3, -0.25) is 4.79 Å². The molecule has 0 aliphatic carbocycles. The SMILES string of the molecule is CC(=O)OC(C)(C)C[Si]. The van der Waals surface area contributed by atoms with E-state index in [4.69, 9.17) is 4.74 Å². The molecule has 0 aromatic rings. The minimum Gasteiger partial charge on any atom is -0.460 e. The van der Waals surface area contributed by atoms with Crippen molar-refractivity contribution in [1.82, 2.24) is 0 Å². The zero-order valence-electron chi connectivity index (χ0n) is 6.02. The minimum absolute atomic E-state index is 0.238. The number of rotatable bonds is 2. The van der Waals surface area contributed by atoms with Gasteiger partial charge < -0.3 is 4.74 Å². The van der Waals surface area contributed by atoms with Crippen LogP contribution in [0.5, 0.6) is 0 Å². The Balaban J connectivity index is 3.71. The van der Waals surface area contributed by atoms with Crippen LogP contribution >= 0.6 is 0 Å². The molecule has 0 unspecified atom stereocenters. The molecule has 0 saturated carbocycles. The standard InChI is InChI=1S/C6H11O2Si/c1-5(7)8-6(2,3)4-9/h4H2,1-3H3. The second-order valence-electron chi connectivity index (χ2n) is 2.53. The van der Waals surface area contributed by atoms with E-state index in [1.165, 1.54) is 6.92 Å². The smallest absolute Gasteiger partial charge is 0.303 e. The summed E-state index contributed by atoms with van der Waals surface area (Å²) in [5.74, 6) is -0.238. The summed E-state index contributed by atoms with van der Waals surface area (Å²) in [6, 6.07) is 0.659. The van der Waals surface area contributed by atoms with E-state index in [1.54, 1.807) is 0 Å². The molecule has 0 fully saturated rings. The lowest BCUT2D eigenvalue weighted by Gasteiger charge is -2.21. The molecule has 0 N–H and O–H groups in total. The average molecular weight is 143 g/mol. The molecule has 0 aliphatic rings. The zero-order valence-corrected chi connectivity index (χ0v) is 7.02. The van der Waals surface area contributed by atoms with E-state index in [9.17, 15) is 4.79 Å². The third-order valence-corrected chi connectivity index (χ3v) is 1.70.